The molecule has 0 aliphatic heterocycles. The Balaban J connectivity index is 2.10. The summed E-state index contributed by atoms with van der Waals surface area (Å²) in [5, 5.41) is 4.06. The Morgan fingerprint density at radius 2 is 2.16 bits per heavy atom. The normalized spacial score (nSPS) is 12.2. The monoisotopic (exact) mass is 299 g/mol. The maximum absolute atomic E-state index is 12.4. The second-order valence-corrected chi connectivity index (χ2v) is 7.93. The number of thiophene rings is 1. The van der Waals surface area contributed by atoms with Gasteiger partial charge in [-0.2, -0.15) is 9.40 Å². The molecule has 0 bridgehead atoms. The van der Waals surface area contributed by atoms with E-state index in [2.05, 4.69) is 5.10 Å². The van der Waals surface area contributed by atoms with Gasteiger partial charge in [0.15, 0.2) is 0 Å². The number of aromatic nitrogens is 2. The Hall–Kier alpha value is -1.18. The van der Waals surface area contributed by atoms with E-state index < -0.39 is 10.0 Å². The first kappa shape index (κ1) is 14.2. The van der Waals surface area contributed by atoms with Crippen LogP contribution in [-0.2, 0) is 16.6 Å². The van der Waals surface area contributed by atoms with Gasteiger partial charge >= 0.3 is 0 Å². The summed E-state index contributed by atoms with van der Waals surface area (Å²) in [6.07, 6.45) is 3.50. The number of likely N-dealkylation sites (N-methyl/N-ethyl adjacent to an activating group) is 1. The molecule has 5 nitrogen and oxygen atoms in total. The van der Waals surface area contributed by atoms with E-state index in [9.17, 15) is 8.42 Å². The zero-order valence-electron chi connectivity index (χ0n) is 11.2. The molecule has 0 spiro atoms. The zero-order chi connectivity index (χ0) is 14.0. The first-order valence-corrected chi connectivity index (χ1v) is 8.17. The number of hydrogen-bond donors (Lipinski definition) is 0. The number of rotatable bonds is 5. The van der Waals surface area contributed by atoms with E-state index in [4.69, 9.17) is 0 Å². The molecule has 0 radical (unpaired) electrons. The van der Waals surface area contributed by atoms with Gasteiger partial charge in [0.25, 0.3) is 10.0 Å². The molecule has 0 amide bonds. The van der Waals surface area contributed by atoms with Crippen LogP contribution in [-0.4, -0.2) is 36.1 Å². The largest absolute Gasteiger partial charge is 0.271 e. The van der Waals surface area contributed by atoms with Gasteiger partial charge in [-0.05, 0) is 31.5 Å². The second-order valence-electron chi connectivity index (χ2n) is 4.40. The van der Waals surface area contributed by atoms with Crippen molar-refractivity contribution < 1.29 is 8.42 Å². The zero-order valence-corrected chi connectivity index (χ0v) is 12.8. The average Bonchev–Trinajstić information content (AvgIpc) is 2.97. The van der Waals surface area contributed by atoms with E-state index in [-0.39, 0.29) is 0 Å². The first-order valence-electron chi connectivity index (χ1n) is 5.92. The minimum atomic E-state index is -3.38. The van der Waals surface area contributed by atoms with Crippen LogP contribution in [0.25, 0.3) is 0 Å². The fourth-order valence-corrected chi connectivity index (χ4v) is 4.51. The molecule has 0 N–H and O–H groups in total. The molecule has 2 aromatic rings. The molecule has 0 saturated carbocycles. The molecule has 104 valence electrons. The van der Waals surface area contributed by atoms with Crippen molar-refractivity contribution in [3.05, 3.63) is 35.0 Å². The summed E-state index contributed by atoms with van der Waals surface area (Å²) in [6, 6.07) is 3.56. The van der Waals surface area contributed by atoms with Crippen molar-refractivity contribution >= 4 is 21.4 Å². The van der Waals surface area contributed by atoms with Crippen LogP contribution in [0.3, 0.4) is 0 Å². The van der Waals surface area contributed by atoms with Crippen LogP contribution in [0.1, 0.15) is 10.4 Å². The minimum absolute atomic E-state index is 0.403. The van der Waals surface area contributed by atoms with Gasteiger partial charge in [0.2, 0.25) is 0 Å². The van der Waals surface area contributed by atoms with Gasteiger partial charge in [0, 0.05) is 30.9 Å². The predicted octanol–water partition coefficient (Wildman–Crippen LogP) is 1.88. The summed E-state index contributed by atoms with van der Waals surface area (Å²) in [6.45, 7) is 4.81. The summed E-state index contributed by atoms with van der Waals surface area (Å²) < 4.78 is 28.2. The van der Waals surface area contributed by atoms with Crippen molar-refractivity contribution in [2.24, 2.45) is 0 Å². The Kier molecular flexibility index (Phi) is 4.07. The van der Waals surface area contributed by atoms with E-state index in [1.807, 2.05) is 26.1 Å². The molecule has 0 aliphatic carbocycles. The molecule has 0 fully saturated rings. The molecule has 19 heavy (non-hydrogen) atoms. The van der Waals surface area contributed by atoms with Crippen molar-refractivity contribution in [1.29, 1.82) is 0 Å². The lowest BCUT2D eigenvalue weighted by Crippen LogP contribution is -2.29. The fraction of sp³-hybridized carbons (Fsp3) is 0.417. The fourth-order valence-electron chi connectivity index (χ4n) is 1.62. The maximum Gasteiger partial charge on any atom is 0.252 e. The van der Waals surface area contributed by atoms with E-state index in [1.54, 1.807) is 24.0 Å². The van der Waals surface area contributed by atoms with Crippen molar-refractivity contribution in [3.63, 3.8) is 0 Å². The highest BCUT2D eigenvalue weighted by Gasteiger charge is 2.23. The second kappa shape index (κ2) is 5.44. The van der Waals surface area contributed by atoms with Crippen LogP contribution in [0.5, 0.6) is 0 Å². The van der Waals surface area contributed by atoms with Gasteiger partial charge in [-0.3, -0.25) is 4.68 Å². The van der Waals surface area contributed by atoms with Gasteiger partial charge in [-0.15, -0.1) is 11.3 Å². The van der Waals surface area contributed by atoms with E-state index in [0.717, 1.165) is 10.4 Å². The summed E-state index contributed by atoms with van der Waals surface area (Å²) in [5.41, 5.74) is 1.02. The number of aryl methyl sites for hydroxylation is 2. The third-order valence-corrected chi connectivity index (χ3v) is 6.47. The number of hydrogen-bond acceptors (Lipinski definition) is 4. The highest BCUT2D eigenvalue weighted by atomic mass is 32.2. The maximum atomic E-state index is 12.4. The summed E-state index contributed by atoms with van der Waals surface area (Å²) in [5.74, 6) is 0. The van der Waals surface area contributed by atoms with Crippen molar-refractivity contribution in [2.75, 3.05) is 13.6 Å². The Morgan fingerprint density at radius 1 is 1.42 bits per heavy atom. The molecular weight excluding hydrogens is 282 g/mol. The Morgan fingerprint density at radius 3 is 2.68 bits per heavy atom. The van der Waals surface area contributed by atoms with Crippen LogP contribution >= 0.6 is 11.3 Å². The summed E-state index contributed by atoms with van der Waals surface area (Å²) in [4.78, 5) is 1.04. The van der Waals surface area contributed by atoms with Gasteiger partial charge in [-0.25, -0.2) is 8.42 Å². The highest BCUT2D eigenvalue weighted by molar-refractivity contribution is 7.91. The highest BCUT2D eigenvalue weighted by Crippen LogP contribution is 2.27. The summed E-state index contributed by atoms with van der Waals surface area (Å²) in [7, 11) is -1.78. The number of sulfonamides is 1. The van der Waals surface area contributed by atoms with Crippen LogP contribution in [0.15, 0.2) is 28.7 Å². The lowest BCUT2D eigenvalue weighted by atomic mass is 10.3. The molecule has 0 saturated heterocycles. The number of nitrogens with zero attached hydrogens (tertiary/aromatic N) is 3. The standard InChI is InChI=1S/C12H17N3O2S2/c1-10-9-12(18-11(10)2)19(16,17)14(3)7-8-15-6-4-5-13-15/h4-6,9H,7-8H2,1-3H3. The Bertz CT molecular complexity index is 625. The lowest BCUT2D eigenvalue weighted by molar-refractivity contribution is 0.434. The Labute approximate surface area is 117 Å². The third-order valence-electron chi connectivity index (χ3n) is 3.01. The van der Waals surface area contributed by atoms with Crippen LogP contribution < -0.4 is 0 Å². The summed E-state index contributed by atoms with van der Waals surface area (Å²) >= 11 is 1.32. The molecule has 2 aromatic heterocycles. The third kappa shape index (κ3) is 3.05. The molecule has 0 atom stereocenters. The van der Waals surface area contributed by atoms with Crippen LogP contribution in [0, 0.1) is 13.8 Å². The molecule has 2 heterocycles. The van der Waals surface area contributed by atoms with E-state index >= 15 is 0 Å². The van der Waals surface area contributed by atoms with Crippen LogP contribution in [0.4, 0.5) is 0 Å². The van der Waals surface area contributed by atoms with Gasteiger partial charge < -0.3 is 0 Å². The van der Waals surface area contributed by atoms with E-state index in [1.165, 1.54) is 15.6 Å². The van der Waals surface area contributed by atoms with Gasteiger partial charge in [-0.1, -0.05) is 0 Å². The SMILES string of the molecule is Cc1cc(S(=O)(=O)N(C)CCn2cccn2)sc1C. The molecule has 0 unspecified atom stereocenters. The quantitative estimate of drug-likeness (QED) is 0.847. The molecular formula is C12H17N3O2S2. The molecule has 0 aliphatic rings. The minimum Gasteiger partial charge on any atom is -0.271 e. The topological polar surface area (TPSA) is 55.2 Å². The molecule has 2 rings (SSSR count). The smallest absolute Gasteiger partial charge is 0.252 e. The van der Waals surface area contributed by atoms with Crippen molar-refractivity contribution in [3.8, 4) is 0 Å². The van der Waals surface area contributed by atoms with Crippen molar-refractivity contribution in [1.82, 2.24) is 14.1 Å². The average molecular weight is 299 g/mol. The van der Waals surface area contributed by atoms with E-state index in [0.29, 0.717) is 17.3 Å². The molecule has 7 heteroatoms. The molecule has 0 aromatic carbocycles. The predicted molar refractivity (Wildman–Crippen MR) is 75.8 cm³/mol. The van der Waals surface area contributed by atoms with Crippen LogP contribution in [0.2, 0.25) is 0 Å². The first-order chi connectivity index (χ1) is 8.91. The van der Waals surface area contributed by atoms with Gasteiger partial charge in [0.1, 0.15) is 4.21 Å². The lowest BCUT2D eigenvalue weighted by Gasteiger charge is -2.15. The van der Waals surface area contributed by atoms with Gasteiger partial charge in [0.05, 0.1) is 6.54 Å². The van der Waals surface area contributed by atoms with Crippen molar-refractivity contribution in [2.45, 2.75) is 24.6 Å².